The molecule has 1 aliphatic rings. The van der Waals surface area contributed by atoms with Crippen molar-refractivity contribution in [3.63, 3.8) is 0 Å². The van der Waals surface area contributed by atoms with Gasteiger partial charge in [-0.2, -0.15) is 5.10 Å². The number of benzene rings is 1. The van der Waals surface area contributed by atoms with Gasteiger partial charge in [0, 0.05) is 28.1 Å². The van der Waals surface area contributed by atoms with E-state index >= 15 is 0 Å². The molecule has 0 atom stereocenters. The van der Waals surface area contributed by atoms with Crippen molar-refractivity contribution < 1.29 is 9.59 Å². The molecule has 0 spiro atoms. The molecule has 0 saturated carbocycles. The predicted molar refractivity (Wildman–Crippen MR) is 97.5 cm³/mol. The highest BCUT2D eigenvalue weighted by Gasteiger charge is 2.26. The Hall–Kier alpha value is -3.48. The largest absolute Gasteiger partial charge is 0.306 e. The van der Waals surface area contributed by atoms with Gasteiger partial charge in [-0.3, -0.25) is 19.7 Å². The van der Waals surface area contributed by atoms with Crippen molar-refractivity contribution in [1.29, 1.82) is 0 Å². The summed E-state index contributed by atoms with van der Waals surface area (Å²) in [5.41, 5.74) is 1.84. The van der Waals surface area contributed by atoms with Crippen LogP contribution in [-0.4, -0.2) is 26.6 Å². The SMILES string of the molecule is CC(C)n1ncc2cc(/C=C3/C(=O)NC(=O)c4ccccc43)c(=O)[nH]c21. The molecule has 7 heteroatoms. The molecular weight excluding hydrogens is 332 g/mol. The first-order chi connectivity index (χ1) is 12.5. The number of H-pyrrole nitrogens is 1. The van der Waals surface area contributed by atoms with Crippen molar-refractivity contribution in [2.75, 3.05) is 0 Å². The smallest absolute Gasteiger partial charge is 0.258 e. The fourth-order valence-corrected chi connectivity index (χ4v) is 3.10. The molecule has 4 rings (SSSR count). The van der Waals surface area contributed by atoms with Crippen LogP contribution < -0.4 is 10.9 Å². The zero-order valence-corrected chi connectivity index (χ0v) is 14.2. The molecule has 26 heavy (non-hydrogen) atoms. The fourth-order valence-electron chi connectivity index (χ4n) is 3.10. The number of carbonyl (C=O) groups is 2. The van der Waals surface area contributed by atoms with Gasteiger partial charge in [-0.05, 0) is 37.6 Å². The van der Waals surface area contributed by atoms with E-state index < -0.39 is 11.8 Å². The second kappa shape index (κ2) is 5.80. The van der Waals surface area contributed by atoms with Crippen LogP contribution >= 0.6 is 0 Å². The summed E-state index contributed by atoms with van der Waals surface area (Å²) in [4.78, 5) is 39.6. The zero-order valence-electron chi connectivity index (χ0n) is 14.2. The minimum atomic E-state index is -0.522. The summed E-state index contributed by atoms with van der Waals surface area (Å²) in [6.07, 6.45) is 3.18. The van der Waals surface area contributed by atoms with Gasteiger partial charge in [0.05, 0.1) is 6.20 Å². The standard InChI is InChI=1S/C19H16N4O3/c1-10(2)23-16-12(9-20-23)7-11(17(24)21-16)8-15-13-5-3-4-6-14(13)18(25)22-19(15)26/h3-10H,1-2H3,(H,21,24)(H,22,25,26)/b15-8+. The first-order valence-corrected chi connectivity index (χ1v) is 8.23. The average Bonchev–Trinajstić information content (AvgIpc) is 3.01. The van der Waals surface area contributed by atoms with Gasteiger partial charge in [0.1, 0.15) is 5.65 Å². The number of nitrogens with one attached hydrogen (secondary N) is 2. The summed E-state index contributed by atoms with van der Waals surface area (Å²) in [5.74, 6) is -0.962. The summed E-state index contributed by atoms with van der Waals surface area (Å²) in [7, 11) is 0. The van der Waals surface area contributed by atoms with E-state index in [-0.39, 0.29) is 17.2 Å². The lowest BCUT2D eigenvalue weighted by Gasteiger charge is -2.17. The molecule has 3 aromatic rings. The van der Waals surface area contributed by atoms with E-state index in [0.717, 1.165) is 5.39 Å². The van der Waals surface area contributed by atoms with Gasteiger partial charge in [-0.25, -0.2) is 4.68 Å². The van der Waals surface area contributed by atoms with Crippen LogP contribution in [0, 0.1) is 0 Å². The van der Waals surface area contributed by atoms with Crippen molar-refractivity contribution >= 4 is 34.5 Å². The van der Waals surface area contributed by atoms with Gasteiger partial charge in [-0.1, -0.05) is 18.2 Å². The van der Waals surface area contributed by atoms with Crippen LogP contribution in [0.4, 0.5) is 0 Å². The quantitative estimate of drug-likeness (QED) is 0.547. The maximum Gasteiger partial charge on any atom is 0.258 e. The van der Waals surface area contributed by atoms with E-state index in [9.17, 15) is 14.4 Å². The Bertz CT molecular complexity index is 1150. The van der Waals surface area contributed by atoms with Gasteiger partial charge in [0.25, 0.3) is 17.4 Å². The average molecular weight is 348 g/mol. The fraction of sp³-hybridized carbons (Fsp3) is 0.158. The van der Waals surface area contributed by atoms with Crippen molar-refractivity contribution in [2.45, 2.75) is 19.9 Å². The molecule has 130 valence electrons. The number of fused-ring (bicyclic) bond motifs is 2. The monoisotopic (exact) mass is 348 g/mol. The first kappa shape index (κ1) is 16.0. The summed E-state index contributed by atoms with van der Waals surface area (Å²) in [6.45, 7) is 3.95. The molecule has 2 aromatic heterocycles. The topological polar surface area (TPSA) is 96.8 Å². The Morgan fingerprint density at radius 3 is 2.54 bits per heavy atom. The van der Waals surface area contributed by atoms with Crippen molar-refractivity contribution in [3.05, 3.63) is 63.6 Å². The molecule has 2 amide bonds. The van der Waals surface area contributed by atoms with Crippen LogP contribution in [0.25, 0.3) is 22.7 Å². The van der Waals surface area contributed by atoms with Crippen LogP contribution in [0.2, 0.25) is 0 Å². The van der Waals surface area contributed by atoms with Crippen LogP contribution in [0.5, 0.6) is 0 Å². The van der Waals surface area contributed by atoms with Gasteiger partial charge < -0.3 is 4.98 Å². The number of hydrogen-bond donors (Lipinski definition) is 2. The third-order valence-electron chi connectivity index (χ3n) is 4.35. The highest BCUT2D eigenvalue weighted by molar-refractivity contribution is 6.33. The molecule has 1 aliphatic heterocycles. The number of aromatic amines is 1. The van der Waals surface area contributed by atoms with Gasteiger partial charge >= 0.3 is 0 Å². The van der Waals surface area contributed by atoms with E-state index in [0.29, 0.717) is 22.3 Å². The van der Waals surface area contributed by atoms with Crippen molar-refractivity contribution in [2.24, 2.45) is 0 Å². The number of imide groups is 1. The normalized spacial score (nSPS) is 15.6. The van der Waals surface area contributed by atoms with E-state index in [1.165, 1.54) is 6.08 Å². The van der Waals surface area contributed by atoms with Gasteiger partial charge in [-0.15, -0.1) is 0 Å². The highest BCUT2D eigenvalue weighted by Crippen LogP contribution is 2.26. The Balaban J connectivity index is 1.90. The summed E-state index contributed by atoms with van der Waals surface area (Å²) < 4.78 is 1.73. The Kier molecular flexibility index (Phi) is 3.57. The van der Waals surface area contributed by atoms with Crippen LogP contribution in [-0.2, 0) is 4.79 Å². The lowest BCUT2D eigenvalue weighted by molar-refractivity contribution is -0.114. The summed E-state index contributed by atoms with van der Waals surface area (Å²) in [6, 6.07) is 8.62. The number of nitrogens with zero attached hydrogens (tertiary/aromatic N) is 2. The Morgan fingerprint density at radius 1 is 1.08 bits per heavy atom. The maximum absolute atomic E-state index is 12.5. The van der Waals surface area contributed by atoms with Crippen molar-refractivity contribution in [1.82, 2.24) is 20.1 Å². The third-order valence-corrected chi connectivity index (χ3v) is 4.35. The first-order valence-electron chi connectivity index (χ1n) is 8.23. The minimum absolute atomic E-state index is 0.106. The summed E-state index contributed by atoms with van der Waals surface area (Å²) >= 11 is 0. The highest BCUT2D eigenvalue weighted by atomic mass is 16.2. The molecule has 0 fully saturated rings. The second-order valence-corrected chi connectivity index (χ2v) is 6.43. The molecule has 1 aromatic carbocycles. The minimum Gasteiger partial charge on any atom is -0.306 e. The van der Waals surface area contributed by atoms with E-state index in [1.54, 1.807) is 41.2 Å². The molecule has 0 radical (unpaired) electrons. The van der Waals surface area contributed by atoms with E-state index in [1.807, 2.05) is 13.8 Å². The van der Waals surface area contributed by atoms with Gasteiger partial charge in [0.2, 0.25) is 0 Å². The van der Waals surface area contributed by atoms with Crippen LogP contribution in [0.3, 0.4) is 0 Å². The molecule has 0 aliphatic carbocycles. The number of carbonyl (C=O) groups excluding carboxylic acids is 2. The molecule has 7 nitrogen and oxygen atoms in total. The van der Waals surface area contributed by atoms with Crippen LogP contribution in [0.1, 0.15) is 41.4 Å². The molecule has 0 unspecified atom stereocenters. The maximum atomic E-state index is 12.5. The van der Waals surface area contributed by atoms with Gasteiger partial charge in [0.15, 0.2) is 0 Å². The van der Waals surface area contributed by atoms with Crippen molar-refractivity contribution in [3.8, 4) is 0 Å². The molecule has 2 N–H and O–H groups in total. The number of aromatic nitrogens is 3. The molecule has 0 bridgehead atoms. The number of amides is 2. The molecule has 3 heterocycles. The molecule has 0 saturated heterocycles. The summed E-state index contributed by atoms with van der Waals surface area (Å²) in [5, 5.41) is 7.36. The third kappa shape index (κ3) is 2.45. The van der Waals surface area contributed by atoms with E-state index in [4.69, 9.17) is 0 Å². The predicted octanol–water partition coefficient (Wildman–Crippen LogP) is 2.12. The van der Waals surface area contributed by atoms with E-state index in [2.05, 4.69) is 15.4 Å². The lowest BCUT2D eigenvalue weighted by atomic mass is 9.93. The number of pyridine rings is 1. The second-order valence-electron chi connectivity index (χ2n) is 6.43. The number of rotatable bonds is 2. The Morgan fingerprint density at radius 2 is 1.81 bits per heavy atom. The zero-order chi connectivity index (χ0) is 18.4. The molecular formula is C19H16N4O3. The number of hydrogen-bond acceptors (Lipinski definition) is 4. The lowest BCUT2D eigenvalue weighted by Crippen LogP contribution is -2.36. The van der Waals surface area contributed by atoms with Crippen LogP contribution in [0.15, 0.2) is 41.3 Å². The Labute approximate surface area is 148 Å².